The molecule has 2 rings (SSSR count). The lowest BCUT2D eigenvalue weighted by molar-refractivity contribution is -0.131. The molecular weight excluding hydrogens is 241 g/mol. The van der Waals surface area contributed by atoms with Crippen LogP contribution in [0.15, 0.2) is 35.4 Å². The zero-order valence-electron chi connectivity index (χ0n) is 9.00. The highest BCUT2D eigenvalue weighted by molar-refractivity contribution is 5.85. The Hall–Kier alpha value is -2.70. The molecule has 0 aliphatic carbocycles. The van der Waals surface area contributed by atoms with Crippen LogP contribution in [-0.2, 0) is 4.79 Å². The van der Waals surface area contributed by atoms with Crippen LogP contribution in [0.5, 0.6) is 0 Å². The van der Waals surface area contributed by atoms with Gasteiger partial charge in [0, 0.05) is 11.6 Å². The summed E-state index contributed by atoms with van der Waals surface area (Å²) in [6, 6.07) is 3.90. The number of carbonyl (C=O) groups is 1. The molecule has 1 heterocycles. The normalized spacial score (nSPS) is 10.9. The fraction of sp³-hybridized carbons (Fsp3) is 0. The predicted octanol–water partition coefficient (Wildman–Crippen LogP) is 0.797. The number of nitrogens with one attached hydrogen (secondary N) is 1. The number of carboxylic acid groups (broad SMARTS) is 1. The number of benzene rings is 1. The monoisotopic (exact) mass is 249 g/mol. The molecule has 0 fully saturated rings. The van der Waals surface area contributed by atoms with Crippen molar-refractivity contribution in [1.82, 2.24) is 14.8 Å². The van der Waals surface area contributed by atoms with Crippen molar-refractivity contribution < 1.29 is 14.3 Å². The molecule has 7 heteroatoms. The van der Waals surface area contributed by atoms with E-state index < -0.39 is 17.5 Å². The maximum atomic E-state index is 13.4. The molecular formula is C11H8FN3O3. The smallest absolute Gasteiger partial charge is 0.347 e. The largest absolute Gasteiger partial charge is 0.478 e. The van der Waals surface area contributed by atoms with Crippen LogP contribution in [-0.4, -0.2) is 25.8 Å². The second-order valence-electron chi connectivity index (χ2n) is 3.41. The summed E-state index contributed by atoms with van der Waals surface area (Å²) in [4.78, 5) is 21.7. The van der Waals surface area contributed by atoms with Crippen LogP contribution in [0, 0.1) is 5.82 Å². The molecule has 0 bridgehead atoms. The summed E-state index contributed by atoms with van der Waals surface area (Å²) in [6.45, 7) is 0. The Morgan fingerprint density at radius 3 is 2.89 bits per heavy atom. The Bertz CT molecular complexity index is 672. The van der Waals surface area contributed by atoms with Crippen molar-refractivity contribution in [2.45, 2.75) is 0 Å². The number of H-pyrrole nitrogens is 1. The second kappa shape index (κ2) is 4.66. The third-order valence-electron chi connectivity index (χ3n) is 2.22. The van der Waals surface area contributed by atoms with Crippen molar-refractivity contribution in [3.05, 3.63) is 52.5 Å². The van der Waals surface area contributed by atoms with E-state index in [2.05, 4.69) is 10.2 Å². The molecule has 0 spiro atoms. The van der Waals surface area contributed by atoms with E-state index in [0.717, 1.165) is 18.2 Å². The number of nitrogens with zero attached hydrogens (tertiary/aromatic N) is 2. The van der Waals surface area contributed by atoms with Gasteiger partial charge in [0.15, 0.2) is 0 Å². The standard InChI is InChI=1S/C11H8FN3O3/c12-9-3-2-8(15-6-13-14-11(15)18)5-7(9)1-4-10(16)17/h1-6H,(H,14,18)(H,16,17)/b4-1+. The van der Waals surface area contributed by atoms with Gasteiger partial charge in [-0.3, -0.25) is 0 Å². The van der Waals surface area contributed by atoms with E-state index in [9.17, 15) is 14.0 Å². The Kier molecular flexibility index (Phi) is 3.05. The number of aromatic nitrogens is 3. The van der Waals surface area contributed by atoms with Crippen LogP contribution in [0.4, 0.5) is 4.39 Å². The highest BCUT2D eigenvalue weighted by Crippen LogP contribution is 2.14. The van der Waals surface area contributed by atoms with Crippen molar-refractivity contribution in [2.24, 2.45) is 0 Å². The van der Waals surface area contributed by atoms with Gasteiger partial charge in [-0.2, -0.15) is 5.10 Å². The zero-order chi connectivity index (χ0) is 13.1. The average Bonchev–Trinajstić information content (AvgIpc) is 2.74. The molecule has 92 valence electrons. The molecule has 0 unspecified atom stereocenters. The summed E-state index contributed by atoms with van der Waals surface area (Å²) < 4.78 is 14.6. The molecule has 0 radical (unpaired) electrons. The summed E-state index contributed by atoms with van der Waals surface area (Å²) in [5.74, 6) is -1.76. The minimum absolute atomic E-state index is 0.0722. The molecule has 0 atom stereocenters. The summed E-state index contributed by atoms with van der Waals surface area (Å²) in [5, 5.41) is 14.2. The van der Waals surface area contributed by atoms with Gasteiger partial charge in [0.05, 0.1) is 5.69 Å². The van der Waals surface area contributed by atoms with E-state index in [0.29, 0.717) is 5.69 Å². The molecule has 0 amide bonds. The lowest BCUT2D eigenvalue weighted by Gasteiger charge is -2.02. The Morgan fingerprint density at radius 1 is 1.50 bits per heavy atom. The number of aliphatic carboxylic acids is 1. The average molecular weight is 249 g/mol. The molecule has 6 nitrogen and oxygen atoms in total. The van der Waals surface area contributed by atoms with E-state index >= 15 is 0 Å². The van der Waals surface area contributed by atoms with Gasteiger partial charge in [-0.25, -0.2) is 23.6 Å². The summed E-state index contributed by atoms with van der Waals surface area (Å²) >= 11 is 0. The topological polar surface area (TPSA) is 88.0 Å². The highest BCUT2D eigenvalue weighted by atomic mass is 19.1. The van der Waals surface area contributed by atoms with E-state index in [1.165, 1.54) is 23.0 Å². The Balaban J connectivity index is 2.47. The highest BCUT2D eigenvalue weighted by Gasteiger charge is 2.05. The van der Waals surface area contributed by atoms with Crippen LogP contribution in [0.2, 0.25) is 0 Å². The van der Waals surface area contributed by atoms with Crippen LogP contribution < -0.4 is 5.69 Å². The van der Waals surface area contributed by atoms with Crippen molar-refractivity contribution in [3.63, 3.8) is 0 Å². The maximum absolute atomic E-state index is 13.4. The summed E-state index contributed by atoms with van der Waals surface area (Å²) in [5.41, 5.74) is -0.00189. The minimum atomic E-state index is -1.18. The molecule has 2 aromatic rings. The number of hydrogen-bond acceptors (Lipinski definition) is 3. The van der Waals surface area contributed by atoms with E-state index in [4.69, 9.17) is 5.11 Å². The first-order valence-electron chi connectivity index (χ1n) is 4.91. The fourth-order valence-electron chi connectivity index (χ4n) is 1.40. The minimum Gasteiger partial charge on any atom is -0.478 e. The van der Waals surface area contributed by atoms with Gasteiger partial charge in [-0.05, 0) is 24.3 Å². The number of halogens is 1. The van der Waals surface area contributed by atoms with Gasteiger partial charge >= 0.3 is 11.7 Å². The maximum Gasteiger partial charge on any atom is 0.347 e. The molecule has 0 saturated heterocycles. The second-order valence-corrected chi connectivity index (χ2v) is 3.41. The number of carboxylic acids is 1. The van der Waals surface area contributed by atoms with E-state index in [-0.39, 0.29) is 5.56 Å². The van der Waals surface area contributed by atoms with Gasteiger partial charge in [-0.1, -0.05) is 0 Å². The molecule has 1 aromatic heterocycles. The molecule has 1 aromatic carbocycles. The van der Waals surface area contributed by atoms with Gasteiger partial charge in [0.2, 0.25) is 0 Å². The quantitative estimate of drug-likeness (QED) is 0.787. The molecule has 18 heavy (non-hydrogen) atoms. The van der Waals surface area contributed by atoms with Crippen LogP contribution >= 0.6 is 0 Å². The number of rotatable bonds is 3. The van der Waals surface area contributed by atoms with E-state index in [1.807, 2.05) is 0 Å². The lowest BCUT2D eigenvalue weighted by atomic mass is 10.1. The zero-order valence-corrected chi connectivity index (χ0v) is 9.00. The van der Waals surface area contributed by atoms with Crippen molar-refractivity contribution in [2.75, 3.05) is 0 Å². The van der Waals surface area contributed by atoms with Crippen LogP contribution in [0.3, 0.4) is 0 Å². The van der Waals surface area contributed by atoms with Crippen molar-refractivity contribution in [1.29, 1.82) is 0 Å². The molecule has 0 saturated carbocycles. The molecule has 2 N–H and O–H groups in total. The fourth-order valence-corrected chi connectivity index (χ4v) is 1.40. The van der Waals surface area contributed by atoms with Crippen molar-refractivity contribution >= 4 is 12.0 Å². The summed E-state index contributed by atoms with van der Waals surface area (Å²) in [7, 11) is 0. The SMILES string of the molecule is O=C(O)/C=C/c1cc(-n2cn[nH]c2=O)ccc1F. The third-order valence-corrected chi connectivity index (χ3v) is 2.22. The predicted molar refractivity (Wildman–Crippen MR) is 60.8 cm³/mol. The molecule has 0 aliphatic heterocycles. The molecule has 0 aliphatic rings. The third kappa shape index (κ3) is 2.34. The van der Waals surface area contributed by atoms with Gasteiger partial charge in [0.1, 0.15) is 12.1 Å². The van der Waals surface area contributed by atoms with Crippen LogP contribution in [0.1, 0.15) is 5.56 Å². The van der Waals surface area contributed by atoms with Gasteiger partial charge < -0.3 is 5.11 Å². The van der Waals surface area contributed by atoms with E-state index in [1.54, 1.807) is 0 Å². The lowest BCUT2D eigenvalue weighted by Crippen LogP contribution is -2.14. The number of hydrogen-bond donors (Lipinski definition) is 2. The van der Waals surface area contributed by atoms with Crippen molar-refractivity contribution in [3.8, 4) is 5.69 Å². The van der Waals surface area contributed by atoms with Crippen LogP contribution in [0.25, 0.3) is 11.8 Å². The Morgan fingerprint density at radius 2 is 2.28 bits per heavy atom. The summed E-state index contributed by atoms with van der Waals surface area (Å²) in [6.07, 6.45) is 3.19. The Labute approximate surface area is 100 Å². The van der Waals surface area contributed by atoms with Gasteiger partial charge in [0.25, 0.3) is 0 Å². The first kappa shape index (κ1) is 11.8. The van der Waals surface area contributed by atoms with Gasteiger partial charge in [-0.15, -0.1) is 0 Å². The first-order valence-corrected chi connectivity index (χ1v) is 4.91. The first-order chi connectivity index (χ1) is 8.58. The number of aromatic amines is 1.